The van der Waals surface area contributed by atoms with E-state index in [1.54, 1.807) is 0 Å². The third kappa shape index (κ3) is 5.02. The molecule has 2 aliphatic rings. The molecule has 0 bridgehead atoms. The highest BCUT2D eigenvalue weighted by Crippen LogP contribution is 2.50. The van der Waals surface area contributed by atoms with Gasteiger partial charge >= 0.3 is 0 Å². The zero-order chi connectivity index (χ0) is 24.4. The zero-order valence-electron chi connectivity index (χ0n) is 19.7. The van der Waals surface area contributed by atoms with Crippen LogP contribution in [0.2, 0.25) is 5.02 Å². The second-order valence-corrected chi connectivity index (χ2v) is 10.9. The van der Waals surface area contributed by atoms with Crippen LogP contribution in [0.25, 0.3) is 0 Å². The van der Waals surface area contributed by atoms with Crippen LogP contribution in [0, 0.1) is 5.92 Å². The number of nitrogens with zero attached hydrogens (tertiary/aromatic N) is 1. The number of hydrazone groups is 1. The van der Waals surface area contributed by atoms with Crippen LogP contribution in [-0.2, 0) is 4.79 Å². The van der Waals surface area contributed by atoms with Crippen LogP contribution in [0.3, 0.4) is 0 Å². The van der Waals surface area contributed by atoms with Crippen molar-refractivity contribution in [1.29, 1.82) is 0 Å². The van der Waals surface area contributed by atoms with Gasteiger partial charge in [0.05, 0.1) is 17.0 Å². The molecule has 0 saturated carbocycles. The first-order valence-corrected chi connectivity index (χ1v) is 13.1. The van der Waals surface area contributed by atoms with Gasteiger partial charge in [-0.2, -0.15) is 5.10 Å². The molecule has 0 saturated heterocycles. The standard InChI is InChI=1S/C29H28ClN3OS/c1-18(32-33-29(34)19(2)35-21-9-4-3-5-10-21)20-15-16-27-25(17-20)22-12-8-13-23(22)28(31-27)24-11-6-7-14-26(24)30/h3-12,14-17,19,22-23,28,31H,13H2,1-2H3,(H,33,34)/b32-18+/t19?,22-,23+,28-/m1/s1. The number of halogens is 1. The Hall–Kier alpha value is -3.02. The van der Waals surface area contributed by atoms with Crippen molar-refractivity contribution in [2.24, 2.45) is 11.0 Å². The number of anilines is 1. The Labute approximate surface area is 215 Å². The molecular weight excluding hydrogens is 474 g/mol. The molecule has 0 fully saturated rings. The van der Waals surface area contributed by atoms with E-state index in [1.807, 2.05) is 62.4 Å². The first-order chi connectivity index (χ1) is 17.0. The van der Waals surface area contributed by atoms with Crippen LogP contribution >= 0.6 is 23.4 Å². The number of hydrogen-bond acceptors (Lipinski definition) is 4. The predicted octanol–water partition coefficient (Wildman–Crippen LogP) is 7.19. The van der Waals surface area contributed by atoms with Crippen LogP contribution < -0.4 is 10.7 Å². The van der Waals surface area contributed by atoms with Crippen molar-refractivity contribution in [3.05, 3.63) is 107 Å². The topological polar surface area (TPSA) is 53.5 Å². The van der Waals surface area contributed by atoms with Crippen LogP contribution in [0.4, 0.5) is 5.69 Å². The summed E-state index contributed by atoms with van der Waals surface area (Å²) in [5.74, 6) is 0.613. The number of rotatable bonds is 6. The van der Waals surface area contributed by atoms with E-state index >= 15 is 0 Å². The minimum Gasteiger partial charge on any atom is -0.378 e. The predicted molar refractivity (Wildman–Crippen MR) is 146 cm³/mol. The van der Waals surface area contributed by atoms with Gasteiger partial charge in [0.15, 0.2) is 0 Å². The fourth-order valence-electron chi connectivity index (χ4n) is 4.91. The van der Waals surface area contributed by atoms with Crippen molar-refractivity contribution in [2.45, 2.75) is 42.4 Å². The number of benzene rings is 3. The third-order valence-corrected chi connectivity index (χ3v) is 8.24. The van der Waals surface area contributed by atoms with Crippen molar-refractivity contribution >= 4 is 40.7 Å². The number of carbonyl (C=O) groups is 1. The molecule has 0 aromatic heterocycles. The highest BCUT2D eigenvalue weighted by molar-refractivity contribution is 8.00. The van der Waals surface area contributed by atoms with Gasteiger partial charge in [0.2, 0.25) is 0 Å². The van der Waals surface area contributed by atoms with Crippen LogP contribution in [0.5, 0.6) is 0 Å². The lowest BCUT2D eigenvalue weighted by molar-refractivity contribution is -0.120. The molecule has 35 heavy (non-hydrogen) atoms. The van der Waals surface area contributed by atoms with Crippen molar-refractivity contribution < 1.29 is 4.79 Å². The third-order valence-electron chi connectivity index (χ3n) is 6.78. The SMILES string of the molecule is C/C(=N\NC(=O)C(C)Sc1ccccc1)c1ccc2c(c1)[C@@H]1C=CC[C@@H]1[C@H](c1ccccc1Cl)N2. The maximum atomic E-state index is 12.6. The Morgan fingerprint density at radius 3 is 2.66 bits per heavy atom. The van der Waals surface area contributed by atoms with Crippen LogP contribution in [0.15, 0.2) is 94.9 Å². The number of nitrogens with one attached hydrogen (secondary N) is 2. The molecule has 4 atom stereocenters. The Balaban J connectivity index is 1.32. The van der Waals surface area contributed by atoms with Crippen molar-refractivity contribution in [3.8, 4) is 0 Å². The van der Waals surface area contributed by atoms with E-state index in [0.29, 0.717) is 11.8 Å². The van der Waals surface area contributed by atoms with Gasteiger partial charge in [-0.25, -0.2) is 5.43 Å². The first-order valence-electron chi connectivity index (χ1n) is 11.9. The number of hydrogen-bond donors (Lipinski definition) is 2. The summed E-state index contributed by atoms with van der Waals surface area (Å²) in [6.07, 6.45) is 5.60. The van der Waals surface area contributed by atoms with E-state index in [4.69, 9.17) is 11.6 Å². The number of fused-ring (bicyclic) bond motifs is 3. The van der Waals surface area contributed by atoms with Gasteiger partial charge in [0.1, 0.15) is 0 Å². The summed E-state index contributed by atoms with van der Waals surface area (Å²) in [5.41, 5.74) is 8.06. The fourth-order valence-corrected chi connectivity index (χ4v) is 6.04. The lowest BCUT2D eigenvalue weighted by Gasteiger charge is -2.38. The second kappa shape index (κ2) is 10.3. The molecule has 2 N–H and O–H groups in total. The molecule has 6 heteroatoms. The molecule has 178 valence electrons. The molecule has 1 aliphatic carbocycles. The lowest BCUT2D eigenvalue weighted by Crippen LogP contribution is -2.29. The minimum absolute atomic E-state index is 0.112. The van der Waals surface area contributed by atoms with E-state index in [-0.39, 0.29) is 17.2 Å². The summed E-state index contributed by atoms with van der Waals surface area (Å²) >= 11 is 8.08. The molecule has 1 unspecified atom stereocenters. The maximum Gasteiger partial charge on any atom is 0.253 e. The first kappa shape index (κ1) is 23.7. The lowest BCUT2D eigenvalue weighted by atomic mass is 9.76. The zero-order valence-corrected chi connectivity index (χ0v) is 21.3. The summed E-state index contributed by atoms with van der Waals surface area (Å²) in [4.78, 5) is 13.7. The highest BCUT2D eigenvalue weighted by Gasteiger charge is 2.38. The quantitative estimate of drug-likeness (QED) is 0.163. The molecule has 4 nitrogen and oxygen atoms in total. The Morgan fingerprint density at radius 2 is 1.86 bits per heavy atom. The Bertz CT molecular complexity index is 1290. The summed E-state index contributed by atoms with van der Waals surface area (Å²) in [6.45, 7) is 3.83. The normalized spacial score (nSPS) is 21.6. The van der Waals surface area contributed by atoms with Gasteiger partial charge in [-0.15, -0.1) is 11.8 Å². The fraction of sp³-hybridized carbons (Fsp3) is 0.241. The summed E-state index contributed by atoms with van der Waals surface area (Å²) in [6, 6.07) is 24.6. The maximum absolute atomic E-state index is 12.6. The smallest absolute Gasteiger partial charge is 0.253 e. The van der Waals surface area contributed by atoms with Crippen LogP contribution in [-0.4, -0.2) is 16.9 Å². The van der Waals surface area contributed by atoms with Crippen molar-refractivity contribution in [1.82, 2.24) is 5.43 Å². The molecule has 1 amide bonds. The Kier molecular flexibility index (Phi) is 6.98. The summed E-state index contributed by atoms with van der Waals surface area (Å²) in [5, 5.41) is 8.71. The van der Waals surface area contributed by atoms with E-state index in [9.17, 15) is 4.79 Å². The second-order valence-electron chi connectivity index (χ2n) is 9.05. The van der Waals surface area contributed by atoms with Gasteiger partial charge in [-0.1, -0.05) is 66.2 Å². The van der Waals surface area contributed by atoms with Gasteiger partial charge in [-0.05, 0) is 73.2 Å². The van der Waals surface area contributed by atoms with E-state index in [2.05, 4.69) is 52.3 Å². The number of allylic oxidation sites excluding steroid dienone is 2. The van der Waals surface area contributed by atoms with Gasteiger partial charge < -0.3 is 5.32 Å². The van der Waals surface area contributed by atoms with Crippen molar-refractivity contribution in [2.75, 3.05) is 5.32 Å². The van der Waals surface area contributed by atoms with Gasteiger partial charge in [0, 0.05) is 21.5 Å². The van der Waals surface area contributed by atoms with Crippen LogP contribution in [0.1, 0.15) is 48.9 Å². The molecule has 0 spiro atoms. The molecule has 5 rings (SSSR count). The molecule has 0 radical (unpaired) electrons. The largest absolute Gasteiger partial charge is 0.378 e. The van der Waals surface area contributed by atoms with Gasteiger partial charge in [0.25, 0.3) is 5.91 Å². The highest BCUT2D eigenvalue weighted by atomic mass is 35.5. The molecule has 3 aromatic carbocycles. The van der Waals surface area contributed by atoms with Gasteiger partial charge in [-0.3, -0.25) is 4.79 Å². The van der Waals surface area contributed by atoms with E-state index < -0.39 is 0 Å². The van der Waals surface area contributed by atoms with E-state index in [1.165, 1.54) is 17.3 Å². The summed E-state index contributed by atoms with van der Waals surface area (Å²) < 4.78 is 0. The summed E-state index contributed by atoms with van der Waals surface area (Å²) in [7, 11) is 0. The minimum atomic E-state index is -0.243. The number of thioether (sulfide) groups is 1. The number of carbonyl (C=O) groups excluding carboxylic acids is 1. The average molecular weight is 502 g/mol. The van der Waals surface area contributed by atoms with E-state index in [0.717, 1.165) is 38.9 Å². The Morgan fingerprint density at radius 1 is 1.09 bits per heavy atom. The molecular formula is C29H28ClN3OS. The average Bonchev–Trinajstić information content (AvgIpc) is 3.38. The molecule has 1 heterocycles. The molecule has 3 aromatic rings. The monoisotopic (exact) mass is 501 g/mol. The number of amides is 1. The van der Waals surface area contributed by atoms with Crippen molar-refractivity contribution in [3.63, 3.8) is 0 Å². The molecule has 1 aliphatic heterocycles.